The third-order valence-electron chi connectivity index (χ3n) is 5.20. The summed E-state index contributed by atoms with van der Waals surface area (Å²) in [6.07, 6.45) is 3.89. The molecule has 3 aliphatic rings. The summed E-state index contributed by atoms with van der Waals surface area (Å²) in [4.78, 5) is 20.8. The molecule has 0 radical (unpaired) electrons. The van der Waals surface area contributed by atoms with E-state index in [1.165, 1.54) is 37.5 Å². The van der Waals surface area contributed by atoms with Gasteiger partial charge in [-0.1, -0.05) is 0 Å². The number of piperidine rings is 3. The zero-order valence-electron chi connectivity index (χ0n) is 13.8. The summed E-state index contributed by atoms with van der Waals surface area (Å²) in [5.74, 6) is 1.44. The average Bonchev–Trinajstić information content (AvgIpc) is 3.27. The maximum Gasteiger partial charge on any atom is 0.305 e. The van der Waals surface area contributed by atoms with Crippen LogP contribution in [0.15, 0.2) is 22.7 Å². The molecule has 2 atom stereocenters. The van der Waals surface area contributed by atoms with Gasteiger partial charge >= 0.3 is 5.95 Å². The Morgan fingerprint density at radius 2 is 2.21 bits per heavy atom. The van der Waals surface area contributed by atoms with E-state index in [0.717, 1.165) is 18.0 Å². The molecular weight excluding hydrogens is 326 g/mol. The fraction of sp³-hybridized carbons (Fsp3) is 0.529. The van der Waals surface area contributed by atoms with Gasteiger partial charge in [-0.25, -0.2) is 4.98 Å². The number of fused-ring (bicyclic) bond motifs is 3. The Kier molecular flexibility index (Phi) is 4.05. The number of thiophene rings is 1. The van der Waals surface area contributed by atoms with Crippen LogP contribution in [0.5, 0.6) is 5.95 Å². The van der Waals surface area contributed by atoms with Gasteiger partial charge in [0.05, 0.1) is 16.9 Å². The number of rotatable bonds is 4. The zero-order valence-corrected chi connectivity index (χ0v) is 14.6. The lowest BCUT2D eigenvalue weighted by Crippen LogP contribution is -2.62. The van der Waals surface area contributed by atoms with Crippen LogP contribution in [0.3, 0.4) is 0 Å². The van der Waals surface area contributed by atoms with Gasteiger partial charge in [0.15, 0.2) is 0 Å². The number of hydrogen-bond donors (Lipinski definition) is 1. The number of methoxy groups -OCH3 is 1. The Balaban J connectivity index is 1.47. The molecule has 128 valence electrons. The number of oxazole rings is 1. The summed E-state index contributed by atoms with van der Waals surface area (Å²) in [5, 5.41) is 3.25. The molecule has 2 aromatic heterocycles. The lowest BCUT2D eigenvalue weighted by molar-refractivity contribution is 0.0218. The van der Waals surface area contributed by atoms with Gasteiger partial charge in [-0.15, -0.1) is 11.3 Å². The summed E-state index contributed by atoms with van der Waals surface area (Å²) < 4.78 is 10.5. The Morgan fingerprint density at radius 1 is 1.42 bits per heavy atom. The number of ether oxygens (including phenoxy) is 1. The van der Waals surface area contributed by atoms with Crippen LogP contribution in [0.25, 0.3) is 10.8 Å². The van der Waals surface area contributed by atoms with E-state index in [4.69, 9.17) is 9.15 Å². The third kappa shape index (κ3) is 2.71. The van der Waals surface area contributed by atoms with Crippen molar-refractivity contribution in [1.29, 1.82) is 0 Å². The molecule has 24 heavy (non-hydrogen) atoms. The number of nitrogens with zero attached hydrogens (tertiary/aromatic N) is 2. The number of nitrogens with one attached hydrogen (secondary N) is 1. The molecule has 7 heteroatoms. The average molecular weight is 347 g/mol. The second-order valence-corrected chi connectivity index (χ2v) is 7.55. The molecule has 3 saturated heterocycles. The highest BCUT2D eigenvalue weighted by Gasteiger charge is 2.40. The predicted octanol–water partition coefficient (Wildman–Crippen LogP) is 2.62. The molecule has 2 bridgehead atoms. The molecule has 5 rings (SSSR count). The summed E-state index contributed by atoms with van der Waals surface area (Å²) in [6, 6.07) is 4.35. The maximum absolute atomic E-state index is 12.6. The van der Waals surface area contributed by atoms with Crippen molar-refractivity contribution in [3.05, 3.63) is 23.2 Å². The fourth-order valence-corrected chi connectivity index (χ4v) is 4.65. The van der Waals surface area contributed by atoms with E-state index in [1.54, 1.807) is 0 Å². The largest absolute Gasteiger partial charge is 0.467 e. The molecule has 6 nitrogen and oxygen atoms in total. The maximum atomic E-state index is 12.6. The number of carbonyl (C=O) groups is 1. The smallest absolute Gasteiger partial charge is 0.305 e. The lowest BCUT2D eigenvalue weighted by Gasteiger charge is -2.49. The molecule has 5 heterocycles. The number of carbonyl (C=O) groups excluding carboxylic acids is 1. The van der Waals surface area contributed by atoms with Gasteiger partial charge in [-0.05, 0) is 50.9 Å². The van der Waals surface area contributed by atoms with Crippen LogP contribution in [0, 0.1) is 5.92 Å². The first-order chi connectivity index (χ1) is 11.7. The van der Waals surface area contributed by atoms with Crippen LogP contribution in [0.1, 0.15) is 29.4 Å². The van der Waals surface area contributed by atoms with E-state index in [-0.39, 0.29) is 11.9 Å². The lowest BCUT2D eigenvalue weighted by atomic mass is 9.79. The van der Waals surface area contributed by atoms with Gasteiger partial charge in [0.1, 0.15) is 6.20 Å². The Labute approximate surface area is 144 Å². The Hall–Kier alpha value is -1.86. The number of amides is 1. The highest BCUT2D eigenvalue weighted by Crippen LogP contribution is 2.33. The van der Waals surface area contributed by atoms with Gasteiger partial charge in [-0.3, -0.25) is 9.69 Å². The molecule has 1 N–H and O–H groups in total. The molecule has 1 amide bonds. The second kappa shape index (κ2) is 6.22. The van der Waals surface area contributed by atoms with Gasteiger partial charge in [-0.2, -0.15) is 0 Å². The normalized spacial score (nSPS) is 28.8. The zero-order chi connectivity index (χ0) is 16.7. The minimum atomic E-state index is -0.00429. The van der Waals surface area contributed by atoms with E-state index >= 15 is 0 Å². The van der Waals surface area contributed by atoms with Crippen molar-refractivity contribution in [2.75, 3.05) is 20.2 Å². The second-order valence-electron chi connectivity index (χ2n) is 6.47. The van der Waals surface area contributed by atoms with Gasteiger partial charge < -0.3 is 14.5 Å². The van der Waals surface area contributed by atoms with Crippen molar-refractivity contribution in [2.24, 2.45) is 5.92 Å². The highest BCUT2D eigenvalue weighted by atomic mass is 32.1. The molecule has 3 fully saturated rings. The molecule has 2 unspecified atom stereocenters. The van der Waals surface area contributed by atoms with E-state index in [9.17, 15) is 4.79 Å². The topological polar surface area (TPSA) is 67.6 Å². The van der Waals surface area contributed by atoms with E-state index in [2.05, 4.69) is 22.1 Å². The fourth-order valence-electron chi connectivity index (χ4n) is 3.81. The molecular formula is C17H21N3O3S. The quantitative estimate of drug-likeness (QED) is 0.921. The van der Waals surface area contributed by atoms with E-state index in [0.29, 0.717) is 28.7 Å². The molecule has 0 saturated carbocycles. The first-order valence-corrected chi connectivity index (χ1v) is 9.12. The van der Waals surface area contributed by atoms with Crippen LogP contribution in [0.2, 0.25) is 0 Å². The SMILES string of the molecule is COc1cnc(-c2ccc(C(=O)NC3C4CCN(CC4)C3C)s2)o1. The van der Waals surface area contributed by atoms with Crippen LogP contribution >= 0.6 is 11.3 Å². The van der Waals surface area contributed by atoms with Crippen LogP contribution in [-0.4, -0.2) is 48.1 Å². The van der Waals surface area contributed by atoms with Crippen molar-refractivity contribution in [1.82, 2.24) is 15.2 Å². The molecule has 0 aromatic carbocycles. The molecule has 0 aliphatic carbocycles. The Morgan fingerprint density at radius 3 is 2.88 bits per heavy atom. The third-order valence-corrected chi connectivity index (χ3v) is 6.27. The highest BCUT2D eigenvalue weighted by molar-refractivity contribution is 7.17. The minimum absolute atomic E-state index is 0.00429. The predicted molar refractivity (Wildman–Crippen MR) is 91.4 cm³/mol. The van der Waals surface area contributed by atoms with Crippen LogP contribution in [-0.2, 0) is 0 Å². The number of hydrogen-bond acceptors (Lipinski definition) is 6. The number of aromatic nitrogens is 1. The van der Waals surface area contributed by atoms with Gasteiger partial charge in [0, 0.05) is 12.1 Å². The molecule has 2 aromatic rings. The summed E-state index contributed by atoms with van der Waals surface area (Å²) in [6.45, 7) is 4.54. The minimum Gasteiger partial charge on any atom is -0.467 e. The van der Waals surface area contributed by atoms with E-state index < -0.39 is 0 Å². The molecule has 0 spiro atoms. The van der Waals surface area contributed by atoms with Crippen molar-refractivity contribution in [3.8, 4) is 16.7 Å². The monoisotopic (exact) mass is 347 g/mol. The van der Waals surface area contributed by atoms with Crippen molar-refractivity contribution in [2.45, 2.75) is 31.8 Å². The standard InChI is InChI=1S/C17H21N3O3S/c1-10-15(11-5-7-20(10)8-6-11)19-16(21)12-3-4-13(24-12)17-18-9-14(22-2)23-17/h3-4,9-11,15H,5-8H2,1-2H3,(H,19,21). The van der Waals surface area contributed by atoms with Gasteiger partial charge in [0.2, 0.25) is 5.89 Å². The van der Waals surface area contributed by atoms with Crippen molar-refractivity contribution < 1.29 is 13.9 Å². The van der Waals surface area contributed by atoms with Crippen LogP contribution < -0.4 is 10.1 Å². The van der Waals surface area contributed by atoms with Crippen molar-refractivity contribution in [3.63, 3.8) is 0 Å². The first kappa shape index (κ1) is 15.7. The van der Waals surface area contributed by atoms with Gasteiger partial charge in [0.25, 0.3) is 5.91 Å². The summed E-state index contributed by atoms with van der Waals surface area (Å²) in [5.41, 5.74) is 0. The van der Waals surface area contributed by atoms with Crippen molar-refractivity contribution >= 4 is 17.2 Å². The summed E-state index contributed by atoms with van der Waals surface area (Å²) in [7, 11) is 1.53. The van der Waals surface area contributed by atoms with Crippen LogP contribution in [0.4, 0.5) is 0 Å². The molecule has 3 aliphatic heterocycles. The van der Waals surface area contributed by atoms with E-state index in [1.807, 2.05) is 12.1 Å². The summed E-state index contributed by atoms with van der Waals surface area (Å²) >= 11 is 1.39. The first-order valence-electron chi connectivity index (χ1n) is 8.30. The Bertz CT molecular complexity index is 731.